The molecule has 1 N–H and O–H groups in total. The Bertz CT molecular complexity index is 501. The van der Waals surface area contributed by atoms with Crippen LogP contribution in [0.25, 0.3) is 0 Å². The first-order valence-corrected chi connectivity index (χ1v) is 8.56. The van der Waals surface area contributed by atoms with Crippen molar-refractivity contribution in [1.82, 2.24) is 10.2 Å². The van der Waals surface area contributed by atoms with Crippen LogP contribution in [0, 0.1) is 9.39 Å². The zero-order chi connectivity index (χ0) is 15.4. The van der Waals surface area contributed by atoms with Crippen LogP contribution in [-0.2, 0) is 0 Å². The monoisotopic (exact) mass is 404 g/mol. The van der Waals surface area contributed by atoms with Crippen molar-refractivity contribution in [3.8, 4) is 0 Å². The van der Waals surface area contributed by atoms with Gasteiger partial charge in [-0.05, 0) is 74.0 Å². The fourth-order valence-corrected chi connectivity index (χ4v) is 3.37. The average molecular weight is 404 g/mol. The molecule has 1 amide bonds. The van der Waals surface area contributed by atoms with Gasteiger partial charge in [0.05, 0.1) is 5.56 Å². The van der Waals surface area contributed by atoms with Crippen molar-refractivity contribution in [3.05, 3.63) is 33.1 Å². The van der Waals surface area contributed by atoms with Gasteiger partial charge in [-0.15, -0.1) is 0 Å². The van der Waals surface area contributed by atoms with Gasteiger partial charge in [0.15, 0.2) is 0 Å². The highest BCUT2D eigenvalue weighted by molar-refractivity contribution is 14.1. The summed E-state index contributed by atoms with van der Waals surface area (Å²) in [6.07, 6.45) is 3.53. The van der Waals surface area contributed by atoms with Crippen LogP contribution in [0.5, 0.6) is 0 Å². The zero-order valence-corrected chi connectivity index (χ0v) is 14.7. The molecule has 1 fully saturated rings. The number of nitrogens with zero attached hydrogens (tertiary/aromatic N) is 1. The first-order valence-electron chi connectivity index (χ1n) is 7.48. The second-order valence-corrected chi connectivity index (χ2v) is 6.98. The molecule has 116 valence electrons. The molecule has 2 rings (SSSR count). The maximum atomic E-state index is 13.2. The number of amides is 1. The molecule has 0 bridgehead atoms. The highest BCUT2D eigenvalue weighted by atomic mass is 127. The van der Waals surface area contributed by atoms with E-state index in [0.29, 0.717) is 21.7 Å². The highest BCUT2D eigenvalue weighted by Crippen LogP contribution is 2.19. The summed E-state index contributed by atoms with van der Waals surface area (Å²) in [5.74, 6) is -0.317. The van der Waals surface area contributed by atoms with Crippen molar-refractivity contribution < 1.29 is 9.18 Å². The number of halogens is 2. The van der Waals surface area contributed by atoms with Gasteiger partial charge in [-0.1, -0.05) is 6.42 Å². The lowest BCUT2D eigenvalue weighted by molar-refractivity contribution is 0.0675. The number of piperidine rings is 1. The maximum absolute atomic E-state index is 13.2. The van der Waals surface area contributed by atoms with E-state index in [-0.39, 0.29) is 17.8 Å². The smallest absolute Gasteiger partial charge is 0.255 e. The van der Waals surface area contributed by atoms with Gasteiger partial charge in [-0.2, -0.15) is 0 Å². The van der Waals surface area contributed by atoms with E-state index >= 15 is 0 Å². The lowest BCUT2D eigenvalue weighted by atomic mass is 10.0. The van der Waals surface area contributed by atoms with Gasteiger partial charge in [-0.3, -0.25) is 4.79 Å². The van der Waals surface area contributed by atoms with Crippen LogP contribution in [0.15, 0.2) is 18.2 Å². The fraction of sp³-hybridized carbons (Fsp3) is 0.562. The molecule has 21 heavy (non-hydrogen) atoms. The predicted molar refractivity (Wildman–Crippen MR) is 90.9 cm³/mol. The van der Waals surface area contributed by atoms with Gasteiger partial charge < -0.3 is 10.2 Å². The van der Waals surface area contributed by atoms with E-state index < -0.39 is 0 Å². The molecule has 1 saturated heterocycles. The van der Waals surface area contributed by atoms with Crippen molar-refractivity contribution in [2.24, 2.45) is 0 Å². The van der Waals surface area contributed by atoms with Crippen LogP contribution < -0.4 is 5.32 Å². The molecule has 1 heterocycles. The molecule has 1 aromatic rings. The summed E-state index contributed by atoms with van der Waals surface area (Å²) in [6, 6.07) is 4.84. The third kappa shape index (κ3) is 4.39. The third-order valence-corrected chi connectivity index (χ3v) is 4.77. The highest BCUT2D eigenvalue weighted by Gasteiger charge is 2.25. The van der Waals surface area contributed by atoms with Gasteiger partial charge in [-0.25, -0.2) is 4.39 Å². The Morgan fingerprint density at radius 2 is 2.24 bits per heavy atom. The molecular weight excluding hydrogens is 382 g/mol. The number of nitrogens with one attached hydrogen (secondary N) is 1. The van der Waals surface area contributed by atoms with Crippen LogP contribution in [0.3, 0.4) is 0 Å². The number of hydrogen-bond donors (Lipinski definition) is 1. The zero-order valence-electron chi connectivity index (χ0n) is 12.5. The normalized spacial score (nSPS) is 18.8. The first-order chi connectivity index (χ1) is 9.99. The van der Waals surface area contributed by atoms with Crippen LogP contribution in [0.2, 0.25) is 0 Å². The Hall–Kier alpha value is -0.690. The van der Waals surface area contributed by atoms with Crippen molar-refractivity contribution in [3.63, 3.8) is 0 Å². The Labute approximate surface area is 139 Å². The Balaban J connectivity index is 2.14. The van der Waals surface area contributed by atoms with E-state index in [1.165, 1.54) is 25.0 Å². The molecule has 0 radical (unpaired) electrons. The Morgan fingerprint density at radius 1 is 1.48 bits per heavy atom. The molecule has 0 aliphatic carbocycles. The summed E-state index contributed by atoms with van der Waals surface area (Å²) in [6.45, 7) is 5.79. The predicted octanol–water partition coefficient (Wildman–Crippen LogP) is 3.42. The van der Waals surface area contributed by atoms with Gasteiger partial charge in [0.25, 0.3) is 5.91 Å². The van der Waals surface area contributed by atoms with E-state index in [4.69, 9.17) is 0 Å². The standard InChI is InChI=1S/C16H22FIN2O/c1-11(2)20(10-13-5-3-4-8-19-13)16(21)14-7-6-12(17)9-15(14)18/h6-7,9,11,13,19H,3-5,8,10H2,1-2H3. The lowest BCUT2D eigenvalue weighted by Crippen LogP contribution is -2.48. The summed E-state index contributed by atoms with van der Waals surface area (Å²) in [5, 5.41) is 3.48. The Morgan fingerprint density at radius 3 is 2.81 bits per heavy atom. The first kappa shape index (κ1) is 16.7. The molecule has 0 spiro atoms. The average Bonchev–Trinajstić information content (AvgIpc) is 2.45. The van der Waals surface area contributed by atoms with Gasteiger partial charge in [0.2, 0.25) is 0 Å². The van der Waals surface area contributed by atoms with Crippen LogP contribution in [0.1, 0.15) is 43.5 Å². The summed E-state index contributed by atoms with van der Waals surface area (Å²) in [7, 11) is 0. The van der Waals surface area contributed by atoms with Crippen LogP contribution in [-0.4, -0.2) is 36.0 Å². The third-order valence-electron chi connectivity index (χ3n) is 3.88. The molecule has 0 aromatic heterocycles. The van der Waals surface area contributed by atoms with Gasteiger partial charge in [0.1, 0.15) is 5.82 Å². The number of rotatable bonds is 4. The molecule has 1 aliphatic heterocycles. The molecule has 0 saturated carbocycles. The molecule has 5 heteroatoms. The molecule has 1 aromatic carbocycles. The van der Waals surface area contributed by atoms with Crippen LogP contribution >= 0.6 is 22.6 Å². The van der Waals surface area contributed by atoms with Gasteiger partial charge >= 0.3 is 0 Å². The largest absolute Gasteiger partial charge is 0.335 e. The minimum atomic E-state index is -0.305. The van der Waals surface area contributed by atoms with E-state index in [9.17, 15) is 9.18 Å². The van der Waals surface area contributed by atoms with Gasteiger partial charge in [0, 0.05) is 22.2 Å². The molecule has 1 unspecified atom stereocenters. The minimum absolute atomic E-state index is 0.0122. The Kier molecular flexibility index (Phi) is 5.98. The minimum Gasteiger partial charge on any atom is -0.335 e. The molecule has 1 atom stereocenters. The summed E-state index contributed by atoms with van der Waals surface area (Å²) < 4.78 is 13.9. The maximum Gasteiger partial charge on any atom is 0.255 e. The second-order valence-electron chi connectivity index (χ2n) is 5.82. The number of hydrogen-bond acceptors (Lipinski definition) is 2. The van der Waals surface area contributed by atoms with E-state index in [2.05, 4.69) is 5.32 Å². The fourth-order valence-electron chi connectivity index (χ4n) is 2.66. The van der Waals surface area contributed by atoms with Crippen molar-refractivity contribution >= 4 is 28.5 Å². The number of benzene rings is 1. The van der Waals surface area contributed by atoms with E-state index in [1.54, 1.807) is 6.07 Å². The molecule has 3 nitrogen and oxygen atoms in total. The number of carbonyl (C=O) groups is 1. The van der Waals surface area contributed by atoms with E-state index in [1.807, 2.05) is 41.3 Å². The molecular formula is C16H22FIN2O. The van der Waals surface area contributed by atoms with Crippen LogP contribution in [0.4, 0.5) is 4.39 Å². The molecule has 1 aliphatic rings. The van der Waals surface area contributed by atoms with Crippen molar-refractivity contribution in [2.45, 2.75) is 45.2 Å². The summed E-state index contributed by atoms with van der Waals surface area (Å²) >= 11 is 2.03. The summed E-state index contributed by atoms with van der Waals surface area (Å²) in [4.78, 5) is 14.7. The SMILES string of the molecule is CC(C)N(CC1CCCCN1)C(=O)c1ccc(F)cc1I. The quantitative estimate of drug-likeness (QED) is 0.781. The number of carbonyl (C=O) groups excluding carboxylic acids is 1. The topological polar surface area (TPSA) is 32.3 Å². The van der Waals surface area contributed by atoms with Crippen molar-refractivity contribution in [1.29, 1.82) is 0 Å². The van der Waals surface area contributed by atoms with E-state index in [0.717, 1.165) is 13.0 Å². The summed E-state index contributed by atoms with van der Waals surface area (Å²) in [5.41, 5.74) is 0.585. The lowest BCUT2D eigenvalue weighted by Gasteiger charge is -2.33. The second kappa shape index (κ2) is 7.54. The van der Waals surface area contributed by atoms with Crippen molar-refractivity contribution in [2.75, 3.05) is 13.1 Å².